The maximum atomic E-state index is 11.9. The third-order valence-electron chi connectivity index (χ3n) is 2.96. The summed E-state index contributed by atoms with van der Waals surface area (Å²) in [4.78, 5) is 11.6. The smallest absolute Gasteiger partial charge is 0.221 e. The molecule has 0 unspecified atom stereocenters. The monoisotopic (exact) mass is 358 g/mol. The van der Waals surface area contributed by atoms with Gasteiger partial charge in [0.1, 0.15) is 0 Å². The van der Waals surface area contributed by atoms with Gasteiger partial charge in [0.05, 0.1) is 5.75 Å². The number of benzene rings is 1. The van der Waals surface area contributed by atoms with Gasteiger partial charge in [-0.3, -0.25) is 4.79 Å². The lowest BCUT2D eigenvalue weighted by Gasteiger charge is -2.10. The summed E-state index contributed by atoms with van der Waals surface area (Å²) in [6.45, 7) is 6.12. The molecule has 1 rings (SSSR count). The van der Waals surface area contributed by atoms with Crippen molar-refractivity contribution in [1.29, 1.82) is 0 Å². The Morgan fingerprint density at radius 1 is 1.17 bits per heavy atom. The fourth-order valence-electron chi connectivity index (χ4n) is 1.97. The molecule has 2 N–H and O–H groups in total. The van der Waals surface area contributed by atoms with Crippen LogP contribution in [0.1, 0.15) is 38.3 Å². The van der Waals surface area contributed by atoms with Gasteiger partial charge in [-0.05, 0) is 30.7 Å². The molecule has 1 amide bonds. The molecule has 1 aromatic rings. The molecule has 0 radical (unpaired) electrons. The summed E-state index contributed by atoms with van der Waals surface area (Å²) in [5.74, 6) is 1.86. The van der Waals surface area contributed by atoms with E-state index in [1.165, 1.54) is 0 Å². The molecule has 0 fully saturated rings. The number of hydrogen-bond donors (Lipinski definition) is 2. The molecule has 7 heteroatoms. The number of carbonyl (C=O) groups is 1. The van der Waals surface area contributed by atoms with E-state index in [9.17, 15) is 13.2 Å². The van der Waals surface area contributed by atoms with Gasteiger partial charge in [0, 0.05) is 24.8 Å². The minimum absolute atomic E-state index is 0.0357. The van der Waals surface area contributed by atoms with Gasteiger partial charge >= 0.3 is 0 Å². The van der Waals surface area contributed by atoms with Gasteiger partial charge < -0.3 is 5.32 Å². The minimum atomic E-state index is -3.31. The molecule has 0 atom stereocenters. The number of thioether (sulfide) groups is 1. The average molecular weight is 359 g/mol. The Labute approximate surface area is 143 Å². The topological polar surface area (TPSA) is 75.3 Å². The van der Waals surface area contributed by atoms with Crippen LogP contribution in [-0.2, 0) is 27.1 Å². The van der Waals surface area contributed by atoms with Crippen LogP contribution in [0.4, 0.5) is 0 Å². The van der Waals surface area contributed by atoms with E-state index in [0.29, 0.717) is 13.0 Å². The molecule has 1 aromatic carbocycles. The standard InChI is InChI=1S/C16H26N2O3S2/c1-4-22-10-9-16(19)17-11-14-5-7-15(8-6-14)12-23(20,21)18-13(2)3/h5-8,13,18H,4,9-12H2,1-3H3,(H,17,19). The van der Waals surface area contributed by atoms with Crippen LogP contribution in [0.3, 0.4) is 0 Å². The quantitative estimate of drug-likeness (QED) is 0.629. The van der Waals surface area contributed by atoms with Gasteiger partial charge in [0.25, 0.3) is 0 Å². The summed E-state index contributed by atoms with van der Waals surface area (Å²) in [6, 6.07) is 7.16. The summed E-state index contributed by atoms with van der Waals surface area (Å²) in [5, 5.41) is 2.87. The van der Waals surface area contributed by atoms with Crippen molar-refractivity contribution in [2.24, 2.45) is 0 Å². The zero-order valence-corrected chi connectivity index (χ0v) is 15.6. The minimum Gasteiger partial charge on any atom is -0.352 e. The van der Waals surface area contributed by atoms with Crippen LogP contribution in [-0.4, -0.2) is 31.9 Å². The molecule has 0 aliphatic carbocycles. The van der Waals surface area contributed by atoms with Crippen molar-refractivity contribution in [1.82, 2.24) is 10.0 Å². The summed E-state index contributed by atoms with van der Waals surface area (Å²) in [6.07, 6.45) is 0.524. The van der Waals surface area contributed by atoms with E-state index in [4.69, 9.17) is 0 Å². The van der Waals surface area contributed by atoms with Crippen LogP contribution >= 0.6 is 11.8 Å². The molecule has 130 valence electrons. The van der Waals surface area contributed by atoms with Gasteiger partial charge in [-0.2, -0.15) is 11.8 Å². The second-order valence-corrected chi connectivity index (χ2v) is 8.72. The predicted octanol–water partition coefficient (Wildman–Crippen LogP) is 2.27. The van der Waals surface area contributed by atoms with Gasteiger partial charge in [-0.15, -0.1) is 0 Å². The number of hydrogen-bond acceptors (Lipinski definition) is 4. The maximum Gasteiger partial charge on any atom is 0.221 e. The number of rotatable bonds is 10. The first-order valence-corrected chi connectivity index (χ1v) is 10.6. The Bertz CT molecular complexity index is 584. The molecule has 5 nitrogen and oxygen atoms in total. The second-order valence-electron chi connectivity index (χ2n) is 5.57. The summed E-state index contributed by atoms with van der Waals surface area (Å²) in [5.41, 5.74) is 1.69. The molecule has 0 saturated carbocycles. The third kappa shape index (κ3) is 8.98. The zero-order chi connectivity index (χ0) is 17.3. The Hall–Kier alpha value is -1.05. The lowest BCUT2D eigenvalue weighted by Crippen LogP contribution is -2.31. The lowest BCUT2D eigenvalue weighted by molar-refractivity contribution is -0.120. The Morgan fingerprint density at radius 3 is 2.35 bits per heavy atom. The first-order chi connectivity index (χ1) is 10.8. The van der Waals surface area contributed by atoms with Crippen LogP contribution < -0.4 is 10.0 Å². The molecular formula is C16H26N2O3S2. The van der Waals surface area contributed by atoms with Crippen LogP contribution in [0.25, 0.3) is 0 Å². The molecule has 23 heavy (non-hydrogen) atoms. The first kappa shape index (κ1) is 20.0. The van der Waals surface area contributed by atoms with Crippen molar-refractivity contribution in [2.45, 2.75) is 45.5 Å². The molecule has 0 aliphatic heterocycles. The molecular weight excluding hydrogens is 332 g/mol. The van der Waals surface area contributed by atoms with Crippen LogP contribution in [0, 0.1) is 0 Å². The van der Waals surface area contributed by atoms with Crippen molar-refractivity contribution in [3.05, 3.63) is 35.4 Å². The van der Waals surface area contributed by atoms with Crippen molar-refractivity contribution in [3.63, 3.8) is 0 Å². The number of sulfonamides is 1. The van der Waals surface area contributed by atoms with Crippen LogP contribution in [0.5, 0.6) is 0 Å². The van der Waals surface area contributed by atoms with Gasteiger partial charge in [-0.1, -0.05) is 31.2 Å². The largest absolute Gasteiger partial charge is 0.352 e. The average Bonchev–Trinajstić information content (AvgIpc) is 2.45. The highest BCUT2D eigenvalue weighted by molar-refractivity contribution is 7.99. The maximum absolute atomic E-state index is 11.9. The van der Waals surface area contributed by atoms with E-state index in [1.807, 2.05) is 12.1 Å². The highest BCUT2D eigenvalue weighted by Gasteiger charge is 2.12. The van der Waals surface area contributed by atoms with Crippen molar-refractivity contribution in [2.75, 3.05) is 11.5 Å². The predicted molar refractivity (Wildman–Crippen MR) is 96.8 cm³/mol. The van der Waals surface area contributed by atoms with Gasteiger partial charge in [0.2, 0.25) is 15.9 Å². The normalized spacial score (nSPS) is 11.7. The van der Waals surface area contributed by atoms with Crippen LogP contribution in [0.15, 0.2) is 24.3 Å². The van der Waals surface area contributed by atoms with E-state index in [2.05, 4.69) is 17.0 Å². The van der Waals surface area contributed by atoms with Crippen molar-refractivity contribution in [3.8, 4) is 0 Å². The Kier molecular flexibility index (Phi) is 8.65. The van der Waals surface area contributed by atoms with E-state index in [1.54, 1.807) is 37.7 Å². The first-order valence-electron chi connectivity index (χ1n) is 7.74. The number of carbonyl (C=O) groups excluding carboxylic acids is 1. The summed E-state index contributed by atoms with van der Waals surface area (Å²) in [7, 11) is -3.31. The third-order valence-corrected chi connectivity index (χ3v) is 5.41. The van der Waals surface area contributed by atoms with E-state index in [0.717, 1.165) is 22.6 Å². The van der Waals surface area contributed by atoms with Gasteiger partial charge in [0.15, 0.2) is 0 Å². The Morgan fingerprint density at radius 2 is 1.78 bits per heavy atom. The number of nitrogens with one attached hydrogen (secondary N) is 2. The van der Waals surface area contributed by atoms with Crippen molar-refractivity contribution >= 4 is 27.7 Å². The summed E-state index contributed by atoms with van der Waals surface area (Å²) < 4.78 is 26.3. The zero-order valence-electron chi connectivity index (χ0n) is 14.0. The molecule has 0 saturated heterocycles. The fraction of sp³-hybridized carbons (Fsp3) is 0.562. The highest BCUT2D eigenvalue weighted by Crippen LogP contribution is 2.08. The fourth-order valence-corrected chi connectivity index (χ4v) is 4.02. The van der Waals surface area contributed by atoms with Crippen molar-refractivity contribution < 1.29 is 13.2 Å². The lowest BCUT2D eigenvalue weighted by atomic mass is 10.1. The molecule has 0 heterocycles. The van der Waals surface area contributed by atoms with E-state index >= 15 is 0 Å². The molecule has 0 bridgehead atoms. The highest BCUT2D eigenvalue weighted by atomic mass is 32.2. The van der Waals surface area contributed by atoms with Crippen LogP contribution in [0.2, 0.25) is 0 Å². The SMILES string of the molecule is CCSCCC(=O)NCc1ccc(CS(=O)(=O)NC(C)C)cc1. The molecule has 0 aliphatic rings. The van der Waals surface area contributed by atoms with E-state index < -0.39 is 10.0 Å². The molecule has 0 spiro atoms. The second kappa shape index (κ2) is 9.95. The summed E-state index contributed by atoms with van der Waals surface area (Å²) >= 11 is 1.75. The van der Waals surface area contributed by atoms with E-state index in [-0.39, 0.29) is 17.7 Å². The Balaban J connectivity index is 2.46. The number of amides is 1. The molecule has 0 aromatic heterocycles. The van der Waals surface area contributed by atoms with Gasteiger partial charge in [-0.25, -0.2) is 13.1 Å².